The Morgan fingerprint density at radius 3 is 2.76 bits per heavy atom. The van der Waals surface area contributed by atoms with E-state index in [0.29, 0.717) is 16.9 Å². The Hall–Kier alpha value is -2.04. The molecule has 29 heavy (non-hydrogen) atoms. The second kappa shape index (κ2) is 8.37. The fourth-order valence-electron chi connectivity index (χ4n) is 3.36. The highest BCUT2D eigenvalue weighted by Crippen LogP contribution is 2.40. The van der Waals surface area contributed by atoms with Gasteiger partial charge in [-0.05, 0) is 41.9 Å². The van der Waals surface area contributed by atoms with Gasteiger partial charge in [0.25, 0.3) is 0 Å². The number of thioether (sulfide) groups is 1. The average molecular weight is 443 g/mol. The molecule has 2 aromatic rings. The number of alkyl halides is 3. The summed E-state index contributed by atoms with van der Waals surface area (Å²) in [5.41, 5.74) is 7.39. The molecule has 1 atom stereocenters. The van der Waals surface area contributed by atoms with Gasteiger partial charge in [-0.25, -0.2) is 11.0 Å². The number of hydrogen-bond donors (Lipinski definition) is 2. The monoisotopic (exact) mass is 442 g/mol. The van der Waals surface area contributed by atoms with Crippen molar-refractivity contribution in [1.82, 2.24) is 5.12 Å². The van der Waals surface area contributed by atoms with Crippen LogP contribution >= 0.6 is 23.1 Å². The molecule has 156 valence electrons. The van der Waals surface area contributed by atoms with Gasteiger partial charge in [0.05, 0.1) is 21.2 Å². The number of fused-ring (bicyclic) bond motifs is 1. The third kappa shape index (κ3) is 4.76. The lowest BCUT2D eigenvalue weighted by Gasteiger charge is -2.19. The summed E-state index contributed by atoms with van der Waals surface area (Å²) in [6.45, 7) is 1.97. The van der Waals surface area contributed by atoms with Gasteiger partial charge in [0.2, 0.25) is 0 Å². The maximum absolute atomic E-state index is 12.9. The minimum atomic E-state index is -4.43. The molecule has 0 spiro atoms. The number of Topliss-reactive ketones (excluding diaryl/α,β-unsaturated/α-hetero) is 1. The first-order valence-corrected chi connectivity index (χ1v) is 10.9. The Labute approximate surface area is 174 Å². The van der Waals surface area contributed by atoms with Gasteiger partial charge in [0.15, 0.2) is 11.6 Å². The third-order valence-corrected chi connectivity index (χ3v) is 6.97. The molecule has 1 aliphatic rings. The van der Waals surface area contributed by atoms with Crippen molar-refractivity contribution in [3.8, 4) is 0 Å². The van der Waals surface area contributed by atoms with Crippen molar-refractivity contribution in [1.29, 1.82) is 0 Å². The highest BCUT2D eigenvalue weighted by molar-refractivity contribution is 8.00. The lowest BCUT2D eigenvalue weighted by atomic mass is 9.85. The van der Waals surface area contributed by atoms with E-state index in [-0.39, 0.29) is 24.1 Å². The van der Waals surface area contributed by atoms with Crippen molar-refractivity contribution in [2.45, 2.75) is 36.7 Å². The number of hydrazine groups is 1. The summed E-state index contributed by atoms with van der Waals surface area (Å²) in [4.78, 5) is 13.2. The molecule has 1 aromatic heterocycles. The molecule has 0 saturated carbocycles. The zero-order valence-corrected chi connectivity index (χ0v) is 17.5. The molecule has 0 amide bonds. The molecular weight excluding hydrogens is 421 g/mol. The zero-order valence-electron chi connectivity index (χ0n) is 15.9. The maximum Gasteiger partial charge on any atom is 0.416 e. The number of benzene rings is 1. The molecule has 0 aliphatic heterocycles. The number of nitrogens with two attached hydrogens (primary N) is 2. The van der Waals surface area contributed by atoms with Gasteiger partial charge in [0, 0.05) is 12.0 Å². The highest BCUT2D eigenvalue weighted by Gasteiger charge is 2.32. The highest BCUT2D eigenvalue weighted by atomic mass is 32.2. The normalized spacial score (nSPS) is 17.4. The largest absolute Gasteiger partial charge is 0.416 e. The summed E-state index contributed by atoms with van der Waals surface area (Å²) in [5, 5.41) is 5.17. The van der Waals surface area contributed by atoms with E-state index in [1.54, 1.807) is 6.07 Å². The molecule has 1 heterocycles. The molecule has 10 heteroatoms. The van der Waals surface area contributed by atoms with Gasteiger partial charge >= 0.3 is 6.18 Å². The minimum Gasteiger partial charge on any atom is -0.381 e. The Morgan fingerprint density at radius 2 is 2.10 bits per heavy atom. The maximum atomic E-state index is 12.9. The van der Waals surface area contributed by atoms with Crippen LogP contribution in [0.15, 0.2) is 33.6 Å². The average Bonchev–Trinajstić information content (AvgIpc) is 3.00. The molecule has 1 unspecified atom stereocenters. The molecular formula is C19H21F3N4OS2. The number of amidine groups is 1. The van der Waals surface area contributed by atoms with Gasteiger partial charge in [-0.3, -0.25) is 4.79 Å². The number of hydrogen-bond acceptors (Lipinski definition) is 6. The number of ketones is 1. The van der Waals surface area contributed by atoms with Gasteiger partial charge in [-0.15, -0.1) is 28.2 Å². The van der Waals surface area contributed by atoms with Gasteiger partial charge < -0.3 is 5.73 Å². The molecule has 0 radical (unpaired) electrons. The van der Waals surface area contributed by atoms with Crippen LogP contribution in [-0.4, -0.2) is 23.0 Å². The van der Waals surface area contributed by atoms with E-state index in [1.165, 1.54) is 29.2 Å². The van der Waals surface area contributed by atoms with Crippen LogP contribution in [0.2, 0.25) is 0 Å². The first-order chi connectivity index (χ1) is 13.6. The number of hydrazone groups is 1. The van der Waals surface area contributed by atoms with E-state index in [0.717, 1.165) is 39.0 Å². The standard InChI is InChI=1S/C19H21F3N4OS2/c1-10-6-13-15(14(27)7-10)18(28-2)29-16(13)17(23)25-26(24)9-11-4-3-5-12(8-11)19(20,21)22/h3-5,8,10H,6-7,9,24H2,1-2H3,(H2,23,25). The van der Waals surface area contributed by atoms with Crippen LogP contribution in [0.3, 0.4) is 0 Å². The van der Waals surface area contributed by atoms with Crippen LogP contribution < -0.4 is 11.6 Å². The fourth-order valence-corrected chi connectivity index (χ4v) is 5.36. The fraction of sp³-hybridized carbons (Fsp3) is 0.368. The van der Waals surface area contributed by atoms with Gasteiger partial charge in [0.1, 0.15) is 0 Å². The number of nitrogens with zero attached hydrogens (tertiary/aromatic N) is 2. The molecule has 5 nitrogen and oxygen atoms in total. The molecule has 0 saturated heterocycles. The minimum absolute atomic E-state index is 0.0388. The number of thiophene rings is 1. The predicted octanol–water partition coefficient (Wildman–Crippen LogP) is 4.25. The Bertz CT molecular complexity index is 955. The topological polar surface area (TPSA) is 84.7 Å². The van der Waals surface area contributed by atoms with Crippen molar-refractivity contribution in [3.05, 3.63) is 51.4 Å². The van der Waals surface area contributed by atoms with Crippen LogP contribution in [0.25, 0.3) is 0 Å². The smallest absolute Gasteiger partial charge is 0.381 e. The van der Waals surface area contributed by atoms with Crippen LogP contribution in [0.1, 0.15) is 45.3 Å². The number of carbonyl (C=O) groups excluding carboxylic acids is 1. The van der Waals surface area contributed by atoms with E-state index in [9.17, 15) is 18.0 Å². The van der Waals surface area contributed by atoms with Gasteiger partial charge in [-0.2, -0.15) is 13.2 Å². The molecule has 3 rings (SSSR count). The number of halogens is 3. The van der Waals surface area contributed by atoms with Crippen LogP contribution in [-0.2, 0) is 19.1 Å². The van der Waals surface area contributed by atoms with Crippen molar-refractivity contribution in [2.24, 2.45) is 22.6 Å². The summed E-state index contributed by atoms with van der Waals surface area (Å²) in [6.07, 6.45) is -1.29. The van der Waals surface area contributed by atoms with Crippen LogP contribution in [0.5, 0.6) is 0 Å². The molecule has 4 N–H and O–H groups in total. The number of carbonyl (C=O) groups is 1. The van der Waals surface area contributed by atoms with Crippen molar-refractivity contribution < 1.29 is 18.0 Å². The van der Waals surface area contributed by atoms with E-state index in [2.05, 4.69) is 5.10 Å². The lowest BCUT2D eigenvalue weighted by Crippen LogP contribution is -2.29. The van der Waals surface area contributed by atoms with Crippen molar-refractivity contribution in [2.75, 3.05) is 6.26 Å². The van der Waals surface area contributed by atoms with Crippen LogP contribution in [0, 0.1) is 5.92 Å². The first-order valence-electron chi connectivity index (χ1n) is 8.85. The van der Waals surface area contributed by atoms with Crippen molar-refractivity contribution in [3.63, 3.8) is 0 Å². The van der Waals surface area contributed by atoms with E-state index >= 15 is 0 Å². The lowest BCUT2D eigenvalue weighted by molar-refractivity contribution is -0.137. The van der Waals surface area contributed by atoms with Gasteiger partial charge in [-0.1, -0.05) is 19.1 Å². The molecule has 0 fully saturated rings. The second-order valence-electron chi connectivity index (χ2n) is 6.99. The number of rotatable bonds is 5. The Balaban J connectivity index is 1.86. The first kappa shape index (κ1) is 21.7. The molecule has 1 aliphatic carbocycles. The summed E-state index contributed by atoms with van der Waals surface area (Å²) in [7, 11) is 0. The zero-order chi connectivity index (χ0) is 21.3. The Kier molecular flexibility index (Phi) is 6.25. The predicted molar refractivity (Wildman–Crippen MR) is 110 cm³/mol. The van der Waals surface area contributed by atoms with E-state index < -0.39 is 11.7 Å². The van der Waals surface area contributed by atoms with E-state index in [4.69, 9.17) is 11.6 Å². The summed E-state index contributed by atoms with van der Waals surface area (Å²) < 4.78 is 39.5. The second-order valence-corrected chi connectivity index (χ2v) is 9.09. The molecule has 1 aromatic carbocycles. The summed E-state index contributed by atoms with van der Waals surface area (Å²) in [6, 6.07) is 4.90. The third-order valence-electron chi connectivity index (χ3n) is 4.59. The van der Waals surface area contributed by atoms with Crippen molar-refractivity contribution >= 4 is 34.7 Å². The summed E-state index contributed by atoms with van der Waals surface area (Å²) in [5.74, 6) is 6.36. The summed E-state index contributed by atoms with van der Waals surface area (Å²) >= 11 is 2.89. The van der Waals surface area contributed by atoms with Crippen LogP contribution in [0.4, 0.5) is 13.2 Å². The van der Waals surface area contributed by atoms with E-state index in [1.807, 2.05) is 13.2 Å². The quantitative estimate of drug-likeness (QED) is 0.238. The Morgan fingerprint density at radius 1 is 1.38 bits per heavy atom. The SMILES string of the molecule is CSc1sc(/C(N)=N/N(N)Cc2cccc(C(F)(F)F)c2)c2c1C(=O)CC(C)C2. The molecule has 0 bridgehead atoms.